The Balaban J connectivity index is 1.58. The predicted molar refractivity (Wildman–Crippen MR) is 92.9 cm³/mol. The number of urea groups is 1. The standard InChI is InChI=1S/C18H17ClN2O3/c19-14-7-5-12(6-8-14)16(11-22)21-18(23)20-10-15-9-13-3-1-2-4-17(13)24-15/h1-9,16,22H,10-11H2,(H2,20,21,23). The minimum absolute atomic E-state index is 0.209. The number of aliphatic hydroxyl groups excluding tert-OH is 1. The Morgan fingerprint density at radius 1 is 1.17 bits per heavy atom. The summed E-state index contributed by atoms with van der Waals surface area (Å²) in [6.07, 6.45) is 0. The zero-order chi connectivity index (χ0) is 16.9. The van der Waals surface area contributed by atoms with Crippen molar-refractivity contribution in [1.82, 2.24) is 10.6 Å². The summed E-state index contributed by atoms with van der Waals surface area (Å²) in [5.74, 6) is 0.665. The van der Waals surface area contributed by atoms with Crippen molar-refractivity contribution in [3.8, 4) is 0 Å². The van der Waals surface area contributed by atoms with E-state index in [2.05, 4.69) is 10.6 Å². The first-order valence-electron chi connectivity index (χ1n) is 7.54. The summed E-state index contributed by atoms with van der Waals surface area (Å²) < 4.78 is 5.64. The van der Waals surface area contributed by atoms with E-state index in [9.17, 15) is 9.90 Å². The zero-order valence-corrected chi connectivity index (χ0v) is 13.6. The van der Waals surface area contributed by atoms with Crippen molar-refractivity contribution in [2.24, 2.45) is 0 Å². The van der Waals surface area contributed by atoms with Gasteiger partial charge in [0, 0.05) is 10.4 Å². The monoisotopic (exact) mass is 344 g/mol. The van der Waals surface area contributed by atoms with Crippen LogP contribution in [0.1, 0.15) is 17.4 Å². The number of hydrogen-bond donors (Lipinski definition) is 3. The van der Waals surface area contributed by atoms with Gasteiger partial charge in [0.25, 0.3) is 0 Å². The summed E-state index contributed by atoms with van der Waals surface area (Å²) in [6, 6.07) is 15.6. The van der Waals surface area contributed by atoms with Crippen LogP contribution in [0.5, 0.6) is 0 Å². The predicted octanol–water partition coefficient (Wildman–Crippen LogP) is 3.62. The molecule has 3 N–H and O–H groups in total. The molecule has 0 fully saturated rings. The number of benzene rings is 2. The zero-order valence-electron chi connectivity index (χ0n) is 12.8. The number of fused-ring (bicyclic) bond motifs is 1. The largest absolute Gasteiger partial charge is 0.459 e. The van der Waals surface area contributed by atoms with Crippen LogP contribution in [0.2, 0.25) is 5.02 Å². The fraction of sp³-hybridized carbons (Fsp3) is 0.167. The first kappa shape index (κ1) is 16.4. The number of aliphatic hydroxyl groups is 1. The third-order valence-corrected chi connectivity index (χ3v) is 3.91. The van der Waals surface area contributed by atoms with Crippen LogP contribution in [-0.4, -0.2) is 17.7 Å². The van der Waals surface area contributed by atoms with Crippen LogP contribution in [0.25, 0.3) is 11.0 Å². The molecule has 0 saturated heterocycles. The van der Waals surface area contributed by atoms with E-state index in [4.69, 9.17) is 16.0 Å². The lowest BCUT2D eigenvalue weighted by Crippen LogP contribution is -2.38. The molecule has 0 spiro atoms. The van der Waals surface area contributed by atoms with Gasteiger partial charge in [-0.2, -0.15) is 0 Å². The molecule has 0 radical (unpaired) electrons. The lowest BCUT2D eigenvalue weighted by molar-refractivity contribution is 0.216. The van der Waals surface area contributed by atoms with Gasteiger partial charge in [-0.15, -0.1) is 0 Å². The molecule has 0 aliphatic carbocycles. The first-order chi connectivity index (χ1) is 11.7. The molecule has 24 heavy (non-hydrogen) atoms. The van der Waals surface area contributed by atoms with Crippen LogP contribution >= 0.6 is 11.6 Å². The van der Waals surface area contributed by atoms with E-state index in [-0.39, 0.29) is 19.2 Å². The van der Waals surface area contributed by atoms with E-state index < -0.39 is 6.04 Å². The van der Waals surface area contributed by atoms with Crippen LogP contribution < -0.4 is 10.6 Å². The van der Waals surface area contributed by atoms with Crippen LogP contribution in [0.4, 0.5) is 4.79 Å². The van der Waals surface area contributed by atoms with Crippen LogP contribution in [0.15, 0.2) is 59.0 Å². The Kier molecular flexibility index (Phi) is 5.03. The maximum Gasteiger partial charge on any atom is 0.315 e. The molecule has 0 aliphatic heterocycles. The highest BCUT2D eigenvalue weighted by Crippen LogP contribution is 2.19. The minimum Gasteiger partial charge on any atom is -0.459 e. The van der Waals surface area contributed by atoms with E-state index in [1.807, 2.05) is 30.3 Å². The number of nitrogens with one attached hydrogen (secondary N) is 2. The molecule has 1 unspecified atom stereocenters. The van der Waals surface area contributed by atoms with Crippen LogP contribution in [0, 0.1) is 0 Å². The number of halogens is 1. The number of para-hydroxylation sites is 1. The number of carbonyl (C=O) groups excluding carboxylic acids is 1. The van der Waals surface area contributed by atoms with Crippen LogP contribution in [0.3, 0.4) is 0 Å². The quantitative estimate of drug-likeness (QED) is 0.661. The van der Waals surface area contributed by atoms with Gasteiger partial charge in [0.05, 0.1) is 19.2 Å². The molecule has 0 aliphatic rings. The maximum atomic E-state index is 12.0. The molecule has 3 aromatic rings. The molecule has 2 amide bonds. The van der Waals surface area contributed by atoms with Crippen LogP contribution in [-0.2, 0) is 6.54 Å². The normalized spacial score (nSPS) is 12.1. The van der Waals surface area contributed by atoms with Crippen molar-refractivity contribution in [3.63, 3.8) is 0 Å². The Hall–Kier alpha value is -2.50. The Morgan fingerprint density at radius 2 is 1.92 bits per heavy atom. The SMILES string of the molecule is O=C(NCc1cc2ccccc2o1)NC(CO)c1ccc(Cl)cc1. The van der Waals surface area contributed by atoms with E-state index in [0.717, 1.165) is 16.5 Å². The highest BCUT2D eigenvalue weighted by molar-refractivity contribution is 6.30. The third-order valence-electron chi connectivity index (χ3n) is 3.66. The topological polar surface area (TPSA) is 74.5 Å². The van der Waals surface area contributed by atoms with Crippen molar-refractivity contribution in [2.45, 2.75) is 12.6 Å². The van der Waals surface area contributed by atoms with Crippen molar-refractivity contribution < 1.29 is 14.3 Å². The second kappa shape index (κ2) is 7.38. The summed E-state index contributed by atoms with van der Waals surface area (Å²) >= 11 is 5.84. The molecule has 1 heterocycles. The first-order valence-corrected chi connectivity index (χ1v) is 7.91. The summed E-state index contributed by atoms with van der Waals surface area (Å²) in [7, 11) is 0. The second-order valence-electron chi connectivity index (χ2n) is 5.36. The number of carbonyl (C=O) groups is 1. The Labute approximate surface area is 144 Å². The van der Waals surface area contributed by atoms with Gasteiger partial charge in [-0.25, -0.2) is 4.79 Å². The number of hydrogen-bond acceptors (Lipinski definition) is 3. The average molecular weight is 345 g/mol. The molecule has 1 aromatic heterocycles. The van der Waals surface area contributed by atoms with Crippen molar-refractivity contribution >= 4 is 28.6 Å². The molecule has 2 aromatic carbocycles. The smallest absolute Gasteiger partial charge is 0.315 e. The highest BCUT2D eigenvalue weighted by atomic mass is 35.5. The van der Waals surface area contributed by atoms with Crippen molar-refractivity contribution in [1.29, 1.82) is 0 Å². The fourth-order valence-corrected chi connectivity index (χ4v) is 2.56. The van der Waals surface area contributed by atoms with Gasteiger partial charge < -0.3 is 20.2 Å². The number of furan rings is 1. The number of rotatable bonds is 5. The summed E-state index contributed by atoms with van der Waals surface area (Å²) in [4.78, 5) is 12.0. The van der Waals surface area contributed by atoms with Crippen molar-refractivity contribution in [2.75, 3.05) is 6.61 Å². The molecule has 6 heteroatoms. The van der Waals surface area contributed by atoms with Gasteiger partial charge in [0.2, 0.25) is 0 Å². The minimum atomic E-state index is -0.502. The van der Waals surface area contributed by atoms with E-state index in [1.165, 1.54) is 0 Å². The van der Waals surface area contributed by atoms with Crippen molar-refractivity contribution in [3.05, 3.63) is 70.9 Å². The third kappa shape index (κ3) is 3.88. The fourth-order valence-electron chi connectivity index (χ4n) is 2.43. The average Bonchev–Trinajstić information content (AvgIpc) is 3.02. The second-order valence-corrected chi connectivity index (χ2v) is 5.80. The molecule has 1 atom stereocenters. The van der Waals surface area contributed by atoms with E-state index in [1.54, 1.807) is 24.3 Å². The summed E-state index contributed by atoms with van der Waals surface area (Å²) in [5, 5.41) is 16.5. The molecular weight excluding hydrogens is 328 g/mol. The maximum absolute atomic E-state index is 12.0. The van der Waals surface area contributed by atoms with Gasteiger partial charge in [-0.3, -0.25) is 0 Å². The van der Waals surface area contributed by atoms with E-state index in [0.29, 0.717) is 10.8 Å². The van der Waals surface area contributed by atoms with Gasteiger partial charge in [0.15, 0.2) is 0 Å². The molecule has 0 bridgehead atoms. The van der Waals surface area contributed by atoms with E-state index >= 15 is 0 Å². The molecular formula is C18H17ClN2O3. The number of amides is 2. The lowest BCUT2D eigenvalue weighted by atomic mass is 10.1. The van der Waals surface area contributed by atoms with Gasteiger partial charge in [0.1, 0.15) is 11.3 Å². The molecule has 5 nitrogen and oxygen atoms in total. The summed E-state index contributed by atoms with van der Waals surface area (Å²) in [6.45, 7) is 0.0545. The molecule has 3 rings (SSSR count). The van der Waals surface area contributed by atoms with Gasteiger partial charge >= 0.3 is 6.03 Å². The lowest BCUT2D eigenvalue weighted by Gasteiger charge is -2.17. The molecule has 124 valence electrons. The summed E-state index contributed by atoms with van der Waals surface area (Å²) in [5.41, 5.74) is 1.56. The Bertz CT molecular complexity index is 797. The van der Waals surface area contributed by atoms with Gasteiger partial charge in [-0.1, -0.05) is 41.9 Å². The van der Waals surface area contributed by atoms with Gasteiger partial charge in [-0.05, 0) is 29.8 Å². The highest BCUT2D eigenvalue weighted by Gasteiger charge is 2.14. The Morgan fingerprint density at radius 3 is 2.62 bits per heavy atom. The molecule has 0 saturated carbocycles.